The molecule has 118 valence electrons. The number of hydrogen-bond donors (Lipinski definition) is 1. The van der Waals surface area contributed by atoms with Gasteiger partial charge in [0, 0.05) is 12.1 Å². The van der Waals surface area contributed by atoms with Crippen LogP contribution in [0.2, 0.25) is 10.0 Å². The average Bonchev–Trinajstić information content (AvgIpc) is 2.90. The molecule has 2 aromatic rings. The molecule has 0 bridgehead atoms. The van der Waals surface area contributed by atoms with Crippen LogP contribution in [0.15, 0.2) is 39.6 Å². The maximum atomic E-state index is 12.2. The SMILES string of the molecule is COCc1ccc(C(=O)NS(=O)(=O)c2cc(Cl)ccc2Cl)o1. The lowest BCUT2D eigenvalue weighted by Gasteiger charge is -2.07. The van der Waals surface area contributed by atoms with Crippen molar-refractivity contribution in [3.8, 4) is 0 Å². The summed E-state index contributed by atoms with van der Waals surface area (Å²) in [5.74, 6) is -0.682. The number of hydrogen-bond acceptors (Lipinski definition) is 5. The number of methoxy groups -OCH3 is 1. The minimum atomic E-state index is -4.17. The topological polar surface area (TPSA) is 85.6 Å². The molecule has 9 heteroatoms. The molecule has 2 rings (SSSR count). The molecule has 0 unspecified atom stereocenters. The van der Waals surface area contributed by atoms with Crippen LogP contribution in [-0.2, 0) is 21.4 Å². The highest BCUT2D eigenvalue weighted by Crippen LogP contribution is 2.25. The molecule has 0 aliphatic heterocycles. The van der Waals surface area contributed by atoms with Gasteiger partial charge in [-0.05, 0) is 30.3 Å². The van der Waals surface area contributed by atoms with Crippen molar-refractivity contribution in [2.45, 2.75) is 11.5 Å². The van der Waals surface area contributed by atoms with Crippen LogP contribution in [0.5, 0.6) is 0 Å². The van der Waals surface area contributed by atoms with Gasteiger partial charge in [0.1, 0.15) is 17.3 Å². The van der Waals surface area contributed by atoms with Crippen LogP contribution < -0.4 is 4.72 Å². The molecule has 22 heavy (non-hydrogen) atoms. The number of ether oxygens (including phenoxy) is 1. The Hall–Kier alpha value is -1.54. The molecule has 0 spiro atoms. The number of carbonyl (C=O) groups excluding carboxylic acids is 1. The Balaban J connectivity index is 2.24. The number of furan rings is 1. The van der Waals surface area contributed by atoms with Gasteiger partial charge in [-0.25, -0.2) is 13.1 Å². The summed E-state index contributed by atoms with van der Waals surface area (Å²) in [5.41, 5.74) is 0. The fourth-order valence-electron chi connectivity index (χ4n) is 1.63. The van der Waals surface area contributed by atoms with Crippen LogP contribution in [0, 0.1) is 0 Å². The van der Waals surface area contributed by atoms with Crippen molar-refractivity contribution >= 4 is 39.1 Å². The quantitative estimate of drug-likeness (QED) is 0.882. The van der Waals surface area contributed by atoms with E-state index < -0.39 is 15.9 Å². The highest BCUT2D eigenvalue weighted by molar-refractivity contribution is 7.90. The third-order valence-corrected chi connectivity index (χ3v) is 4.63. The maximum Gasteiger partial charge on any atom is 0.300 e. The molecule has 0 aliphatic carbocycles. The predicted octanol–water partition coefficient (Wildman–Crippen LogP) is 2.85. The van der Waals surface area contributed by atoms with Crippen molar-refractivity contribution in [2.75, 3.05) is 7.11 Å². The number of sulfonamides is 1. The Labute approximate surface area is 137 Å². The third-order valence-electron chi connectivity index (χ3n) is 2.58. The Morgan fingerprint density at radius 1 is 1.27 bits per heavy atom. The normalized spacial score (nSPS) is 11.4. The molecule has 1 aromatic carbocycles. The molecule has 1 N–H and O–H groups in total. The zero-order valence-corrected chi connectivity index (χ0v) is 13.6. The van der Waals surface area contributed by atoms with Crippen LogP contribution >= 0.6 is 23.2 Å². The summed E-state index contributed by atoms with van der Waals surface area (Å²) in [6.07, 6.45) is 0. The number of carbonyl (C=O) groups is 1. The van der Waals surface area contributed by atoms with Crippen LogP contribution in [0.3, 0.4) is 0 Å². The fraction of sp³-hybridized carbons (Fsp3) is 0.154. The minimum absolute atomic E-state index is 0.0517. The van der Waals surface area contributed by atoms with Crippen LogP contribution in [-0.4, -0.2) is 21.4 Å². The van der Waals surface area contributed by atoms with Gasteiger partial charge in [0.25, 0.3) is 10.0 Å². The fourth-order valence-corrected chi connectivity index (χ4v) is 3.35. The highest BCUT2D eigenvalue weighted by Gasteiger charge is 2.23. The molecule has 1 aromatic heterocycles. The van der Waals surface area contributed by atoms with Gasteiger partial charge in [-0.3, -0.25) is 4.79 Å². The largest absolute Gasteiger partial charge is 0.453 e. The molecular formula is C13H11Cl2NO5S. The van der Waals surface area contributed by atoms with Crippen LogP contribution in [0.1, 0.15) is 16.3 Å². The summed E-state index contributed by atoms with van der Waals surface area (Å²) in [6, 6.07) is 6.77. The van der Waals surface area contributed by atoms with Gasteiger partial charge in [-0.1, -0.05) is 23.2 Å². The summed E-state index contributed by atoms with van der Waals surface area (Å²) < 4.78 is 36.2. The van der Waals surface area contributed by atoms with Crippen molar-refractivity contribution in [3.05, 3.63) is 51.9 Å². The summed E-state index contributed by atoms with van der Waals surface area (Å²) in [5, 5.41) is 0.127. The Morgan fingerprint density at radius 2 is 2.00 bits per heavy atom. The van der Waals surface area contributed by atoms with E-state index >= 15 is 0 Å². The summed E-state index contributed by atoms with van der Waals surface area (Å²) in [4.78, 5) is 11.7. The van der Waals surface area contributed by atoms with Crippen LogP contribution in [0.4, 0.5) is 0 Å². The van der Waals surface area contributed by atoms with E-state index in [2.05, 4.69) is 0 Å². The first-order valence-electron chi connectivity index (χ1n) is 5.93. The molecule has 0 radical (unpaired) electrons. The van der Waals surface area contributed by atoms with E-state index in [4.69, 9.17) is 32.4 Å². The Kier molecular flexibility index (Phi) is 5.12. The Morgan fingerprint density at radius 3 is 2.68 bits per heavy atom. The second-order valence-electron chi connectivity index (χ2n) is 4.21. The van der Waals surface area contributed by atoms with Gasteiger partial charge in [0.2, 0.25) is 0 Å². The maximum absolute atomic E-state index is 12.2. The number of amides is 1. The number of halogens is 2. The lowest BCUT2D eigenvalue weighted by atomic mass is 10.4. The summed E-state index contributed by atoms with van der Waals surface area (Å²) >= 11 is 11.6. The van der Waals surface area contributed by atoms with E-state index in [9.17, 15) is 13.2 Å². The summed E-state index contributed by atoms with van der Waals surface area (Å²) in [6.45, 7) is 0.167. The smallest absolute Gasteiger partial charge is 0.300 e. The molecular weight excluding hydrogens is 353 g/mol. The van der Waals surface area contributed by atoms with E-state index in [0.29, 0.717) is 5.76 Å². The lowest BCUT2D eigenvalue weighted by Crippen LogP contribution is -2.30. The average molecular weight is 364 g/mol. The lowest BCUT2D eigenvalue weighted by molar-refractivity contribution is 0.0945. The zero-order chi connectivity index (χ0) is 16.3. The minimum Gasteiger partial charge on any atom is -0.453 e. The number of rotatable bonds is 5. The first-order valence-corrected chi connectivity index (χ1v) is 8.17. The second kappa shape index (κ2) is 6.70. The van der Waals surface area contributed by atoms with Crippen molar-refractivity contribution in [3.63, 3.8) is 0 Å². The van der Waals surface area contributed by atoms with Crippen LogP contribution in [0.25, 0.3) is 0 Å². The predicted molar refractivity (Wildman–Crippen MR) is 80.5 cm³/mol. The molecule has 1 amide bonds. The van der Waals surface area contributed by atoms with E-state index in [1.165, 1.54) is 31.4 Å². The third kappa shape index (κ3) is 3.80. The summed E-state index contributed by atoms with van der Waals surface area (Å²) in [7, 11) is -2.70. The van der Waals surface area contributed by atoms with Crippen molar-refractivity contribution in [1.29, 1.82) is 0 Å². The molecule has 6 nitrogen and oxygen atoms in total. The van der Waals surface area contributed by atoms with Crippen molar-refractivity contribution < 1.29 is 22.4 Å². The van der Waals surface area contributed by atoms with Crippen molar-refractivity contribution in [1.82, 2.24) is 4.72 Å². The highest BCUT2D eigenvalue weighted by atomic mass is 35.5. The number of benzene rings is 1. The first-order chi connectivity index (χ1) is 10.3. The van der Waals surface area contributed by atoms with Gasteiger partial charge < -0.3 is 9.15 Å². The van der Waals surface area contributed by atoms with Gasteiger partial charge in [0.15, 0.2) is 5.76 Å². The van der Waals surface area contributed by atoms with Gasteiger partial charge in [-0.2, -0.15) is 0 Å². The van der Waals surface area contributed by atoms with Gasteiger partial charge in [-0.15, -0.1) is 0 Å². The van der Waals surface area contributed by atoms with E-state index in [0.717, 1.165) is 6.07 Å². The first kappa shape index (κ1) is 16.8. The monoisotopic (exact) mass is 363 g/mol. The Bertz CT molecular complexity index is 801. The van der Waals surface area contributed by atoms with E-state index in [1.54, 1.807) is 0 Å². The molecule has 0 aliphatic rings. The molecule has 0 saturated heterocycles. The molecule has 0 saturated carbocycles. The van der Waals surface area contributed by atoms with E-state index in [1.807, 2.05) is 4.72 Å². The second-order valence-corrected chi connectivity index (χ2v) is 6.70. The van der Waals surface area contributed by atoms with E-state index in [-0.39, 0.29) is 27.3 Å². The molecule has 0 fully saturated rings. The van der Waals surface area contributed by atoms with Gasteiger partial charge in [0.05, 0.1) is 5.02 Å². The zero-order valence-electron chi connectivity index (χ0n) is 11.3. The van der Waals surface area contributed by atoms with Gasteiger partial charge >= 0.3 is 5.91 Å². The molecule has 0 atom stereocenters. The van der Waals surface area contributed by atoms with Crippen molar-refractivity contribution in [2.24, 2.45) is 0 Å². The number of nitrogens with one attached hydrogen (secondary N) is 1. The standard InChI is InChI=1S/C13H11Cl2NO5S/c1-20-7-9-3-5-11(21-9)13(17)16-22(18,19)12-6-8(14)2-4-10(12)15/h2-6H,7H2,1H3,(H,16,17). The molecule has 1 heterocycles.